The number of aryl methyl sites for hydroxylation is 1. The summed E-state index contributed by atoms with van der Waals surface area (Å²) in [4.78, 5) is 35.0. The molecule has 1 aliphatic rings. The summed E-state index contributed by atoms with van der Waals surface area (Å²) in [6.45, 7) is 7.66. The summed E-state index contributed by atoms with van der Waals surface area (Å²) in [5.74, 6) is -0.558. The normalized spacial score (nSPS) is 14.1. The first-order chi connectivity index (χ1) is 25.8. The Labute approximate surface area is 309 Å². The van der Waals surface area contributed by atoms with E-state index in [4.69, 9.17) is 24.6 Å². The number of halogens is 1. The first-order valence-corrected chi connectivity index (χ1v) is 18.0. The fraction of sp³-hybridized carbons (Fsp3) is 0.375. The minimum atomic E-state index is -0.702. The fourth-order valence-corrected chi connectivity index (χ4v) is 6.12. The minimum absolute atomic E-state index is 0.0480. The number of carbonyl (C=O) groups excluding carboxylic acids is 2. The molecule has 0 spiro atoms. The van der Waals surface area contributed by atoms with Gasteiger partial charge in [-0.15, -0.1) is 5.10 Å². The highest BCUT2D eigenvalue weighted by atomic mass is 19.1. The summed E-state index contributed by atoms with van der Waals surface area (Å²) in [6, 6.07) is 14.1. The van der Waals surface area contributed by atoms with Gasteiger partial charge in [0.2, 0.25) is 5.88 Å². The van der Waals surface area contributed by atoms with E-state index in [0.717, 1.165) is 50.2 Å². The summed E-state index contributed by atoms with van der Waals surface area (Å²) in [5, 5.41) is 11.1. The lowest BCUT2D eigenvalue weighted by Gasteiger charge is -2.27. The zero-order valence-corrected chi connectivity index (χ0v) is 30.6. The highest BCUT2D eigenvalue weighted by Gasteiger charge is 2.26. The number of aromatic nitrogens is 3. The van der Waals surface area contributed by atoms with Crippen molar-refractivity contribution in [1.29, 1.82) is 0 Å². The molecule has 12 nitrogen and oxygen atoms in total. The van der Waals surface area contributed by atoms with E-state index >= 15 is 0 Å². The molecule has 53 heavy (non-hydrogen) atoms. The van der Waals surface area contributed by atoms with Crippen LogP contribution in [0.1, 0.15) is 60.6 Å². The summed E-state index contributed by atoms with van der Waals surface area (Å²) in [6.07, 6.45) is 13.2. The van der Waals surface area contributed by atoms with Gasteiger partial charge in [-0.3, -0.25) is 4.79 Å². The highest BCUT2D eigenvalue weighted by Crippen LogP contribution is 2.33. The molecule has 0 radical (unpaired) electrons. The average molecular weight is 726 g/mol. The van der Waals surface area contributed by atoms with Gasteiger partial charge in [0.1, 0.15) is 11.6 Å². The topological polar surface area (TPSA) is 149 Å². The van der Waals surface area contributed by atoms with Gasteiger partial charge in [0.15, 0.2) is 0 Å². The molecule has 4 aromatic rings. The van der Waals surface area contributed by atoms with Crippen LogP contribution in [0, 0.1) is 18.7 Å². The number of ether oxygens (including phenoxy) is 2. The van der Waals surface area contributed by atoms with E-state index < -0.39 is 17.8 Å². The van der Waals surface area contributed by atoms with Gasteiger partial charge in [-0.2, -0.15) is 0 Å². The number of piperidine rings is 1. The number of hydrogen-bond acceptors (Lipinski definition) is 10. The second kappa shape index (κ2) is 19.4. The predicted molar refractivity (Wildman–Crippen MR) is 203 cm³/mol. The van der Waals surface area contributed by atoms with Crippen molar-refractivity contribution in [3.8, 4) is 23.1 Å². The number of allylic oxidation sites excluding steroid dienone is 3. The van der Waals surface area contributed by atoms with Gasteiger partial charge < -0.3 is 29.8 Å². The smallest absolute Gasteiger partial charge is 0.424 e. The van der Waals surface area contributed by atoms with Crippen molar-refractivity contribution >= 4 is 23.7 Å². The molecule has 13 heteroatoms. The Hall–Kier alpha value is -5.40. The SMILES string of the molecule is C/C=C\[C@H](/C=C/CCN)Cc1nc(OC(=O)N(CCCN2CCCCC2)c2nnc(-c3ccc(NC(=O)c4ccccc4F)cc3OC)o2)ccc1C. The Bertz CT molecular complexity index is 1890. The number of nitrogens with two attached hydrogens (primary N) is 1. The number of pyridine rings is 1. The zero-order valence-electron chi connectivity index (χ0n) is 30.6. The Morgan fingerprint density at radius 3 is 2.66 bits per heavy atom. The largest absolute Gasteiger partial charge is 0.496 e. The van der Waals surface area contributed by atoms with E-state index in [2.05, 4.69) is 38.6 Å². The molecule has 1 fully saturated rings. The number of nitrogens with one attached hydrogen (secondary N) is 1. The summed E-state index contributed by atoms with van der Waals surface area (Å²) in [5.41, 5.74) is 8.18. The molecule has 0 saturated carbocycles. The van der Waals surface area contributed by atoms with E-state index in [1.54, 1.807) is 30.3 Å². The maximum atomic E-state index is 14.2. The van der Waals surface area contributed by atoms with Crippen LogP contribution in [0.25, 0.3) is 11.5 Å². The monoisotopic (exact) mass is 725 g/mol. The quantitative estimate of drug-likeness (QED) is 0.112. The van der Waals surface area contributed by atoms with Gasteiger partial charge >= 0.3 is 12.1 Å². The van der Waals surface area contributed by atoms with E-state index in [0.29, 0.717) is 36.4 Å². The van der Waals surface area contributed by atoms with Crippen LogP contribution >= 0.6 is 0 Å². The first kappa shape index (κ1) is 38.8. The van der Waals surface area contributed by atoms with Crippen LogP contribution in [-0.2, 0) is 6.42 Å². The van der Waals surface area contributed by atoms with Crippen molar-refractivity contribution in [3.05, 3.63) is 102 Å². The van der Waals surface area contributed by atoms with Gasteiger partial charge in [0, 0.05) is 36.0 Å². The van der Waals surface area contributed by atoms with E-state index in [9.17, 15) is 14.0 Å². The second-order valence-corrected chi connectivity index (χ2v) is 12.8. The first-order valence-electron chi connectivity index (χ1n) is 18.0. The van der Waals surface area contributed by atoms with Crippen molar-refractivity contribution < 1.29 is 27.9 Å². The van der Waals surface area contributed by atoms with Gasteiger partial charge in [-0.05, 0) is 102 Å². The average Bonchev–Trinajstić information content (AvgIpc) is 3.65. The van der Waals surface area contributed by atoms with Crippen LogP contribution in [-0.4, -0.2) is 71.9 Å². The third-order valence-corrected chi connectivity index (χ3v) is 8.93. The zero-order chi connectivity index (χ0) is 37.6. The van der Waals surface area contributed by atoms with Crippen molar-refractivity contribution in [3.63, 3.8) is 0 Å². The number of amides is 2. The van der Waals surface area contributed by atoms with Crippen molar-refractivity contribution in [2.75, 3.05) is 50.1 Å². The van der Waals surface area contributed by atoms with Crippen molar-refractivity contribution in [1.82, 2.24) is 20.1 Å². The molecule has 0 unspecified atom stereocenters. The number of methoxy groups -OCH3 is 1. The van der Waals surface area contributed by atoms with Crippen LogP contribution < -0.4 is 25.4 Å². The van der Waals surface area contributed by atoms with Crippen LogP contribution in [0.4, 0.5) is 20.9 Å². The number of carbonyl (C=O) groups is 2. The molecule has 0 aliphatic carbocycles. The molecule has 1 aliphatic heterocycles. The number of rotatable bonds is 16. The molecule has 2 aromatic carbocycles. The van der Waals surface area contributed by atoms with Crippen molar-refractivity contribution in [2.45, 2.75) is 52.4 Å². The van der Waals surface area contributed by atoms with E-state index in [-0.39, 0.29) is 35.8 Å². The highest BCUT2D eigenvalue weighted by molar-refractivity contribution is 6.04. The molecule has 280 valence electrons. The second-order valence-electron chi connectivity index (χ2n) is 12.8. The standard InChI is InChI=1S/C40H48FN7O5/c1-4-13-29(14-8-9-21-42)26-34-28(2)17-20-36(44-34)52-40(50)48(25-12-24-47-22-10-5-11-23-47)39-46-45-38(53-39)32-19-18-30(27-35(32)51-3)43-37(49)31-15-6-7-16-33(31)41/h4,6-8,13-20,27,29H,5,9-12,21-26,42H2,1-3H3,(H,43,49)/b13-4-,14-8+/t29-/m1/s1. The molecule has 5 rings (SSSR count). The lowest BCUT2D eigenvalue weighted by molar-refractivity contribution is 0.102. The van der Waals surface area contributed by atoms with E-state index in [1.807, 2.05) is 26.0 Å². The maximum Gasteiger partial charge on any atom is 0.424 e. The van der Waals surface area contributed by atoms with Crippen LogP contribution in [0.5, 0.6) is 11.6 Å². The lowest BCUT2D eigenvalue weighted by atomic mass is 9.99. The number of likely N-dealkylation sites (tertiary alicyclic amines) is 1. The molecule has 1 atom stereocenters. The molecule has 3 N–H and O–H groups in total. The van der Waals surface area contributed by atoms with Crippen LogP contribution in [0.2, 0.25) is 0 Å². The lowest BCUT2D eigenvalue weighted by Crippen LogP contribution is -2.38. The summed E-state index contributed by atoms with van der Waals surface area (Å²) < 4.78 is 31.7. The van der Waals surface area contributed by atoms with E-state index in [1.165, 1.54) is 36.6 Å². The molecular weight excluding hydrogens is 677 g/mol. The Morgan fingerprint density at radius 1 is 1.09 bits per heavy atom. The Morgan fingerprint density at radius 2 is 1.91 bits per heavy atom. The molecule has 3 heterocycles. The van der Waals surface area contributed by atoms with Crippen LogP contribution in [0.3, 0.4) is 0 Å². The summed E-state index contributed by atoms with van der Waals surface area (Å²) >= 11 is 0. The number of anilines is 2. The molecule has 2 amide bonds. The molecule has 2 aromatic heterocycles. The maximum absolute atomic E-state index is 14.2. The third-order valence-electron chi connectivity index (χ3n) is 8.93. The molecule has 0 bridgehead atoms. The predicted octanol–water partition coefficient (Wildman–Crippen LogP) is 7.36. The molecular formula is C40H48FN7O5. The van der Waals surface area contributed by atoms with Gasteiger partial charge in [0.05, 0.1) is 18.2 Å². The molecule has 1 saturated heterocycles. The number of nitrogens with zero attached hydrogens (tertiary/aromatic N) is 5. The summed E-state index contributed by atoms with van der Waals surface area (Å²) in [7, 11) is 1.46. The Balaban J connectivity index is 1.35. The van der Waals surface area contributed by atoms with Crippen molar-refractivity contribution in [2.24, 2.45) is 11.7 Å². The van der Waals surface area contributed by atoms with Gasteiger partial charge in [-0.25, -0.2) is 19.1 Å². The van der Waals surface area contributed by atoms with Crippen LogP contribution in [0.15, 0.2) is 83.3 Å². The van der Waals surface area contributed by atoms with Gasteiger partial charge in [-0.1, -0.05) is 54.0 Å². The fourth-order valence-electron chi connectivity index (χ4n) is 6.12. The minimum Gasteiger partial charge on any atom is -0.496 e. The van der Waals surface area contributed by atoms with Gasteiger partial charge in [0.25, 0.3) is 11.8 Å². The Kier molecular flexibility index (Phi) is 14.2. The number of hydrogen-bond donors (Lipinski definition) is 2. The third kappa shape index (κ3) is 10.8. The number of benzene rings is 2.